The Morgan fingerprint density at radius 1 is 1.33 bits per heavy atom. The number of rotatable bonds is 5. The van der Waals surface area contributed by atoms with E-state index in [4.69, 9.17) is 0 Å². The van der Waals surface area contributed by atoms with E-state index in [1.54, 1.807) is 11.3 Å². The average Bonchev–Trinajstić information content (AvgIpc) is 3.07. The second-order valence-corrected chi connectivity index (χ2v) is 7.92. The number of nitrogens with zero attached hydrogens (tertiary/aromatic N) is 1. The standard InChI is InChI=1S/C21H27NOS/c1-4-13-22(16(2)3)18-12-11-17-8-5-6-9-19(17)21(23,15-18)20-10-7-14-24-20/h4-10,14,16,18,23H,1,11-13,15H2,2-3H3/t18-,21-/m1/s1. The van der Waals surface area contributed by atoms with Crippen LogP contribution in [-0.4, -0.2) is 28.6 Å². The van der Waals surface area contributed by atoms with Crippen LogP contribution in [0.15, 0.2) is 54.4 Å². The molecule has 1 aliphatic rings. The molecule has 0 radical (unpaired) electrons. The Balaban J connectivity index is 2.04. The topological polar surface area (TPSA) is 23.5 Å². The van der Waals surface area contributed by atoms with Crippen LogP contribution < -0.4 is 0 Å². The molecule has 3 heteroatoms. The Labute approximate surface area is 149 Å². The zero-order chi connectivity index (χ0) is 17.2. The van der Waals surface area contributed by atoms with Crippen molar-refractivity contribution < 1.29 is 5.11 Å². The van der Waals surface area contributed by atoms with Crippen LogP contribution in [0.25, 0.3) is 0 Å². The maximum absolute atomic E-state index is 11.8. The number of hydrogen-bond acceptors (Lipinski definition) is 3. The van der Waals surface area contributed by atoms with Crippen LogP contribution >= 0.6 is 11.3 Å². The van der Waals surface area contributed by atoms with Gasteiger partial charge in [-0.15, -0.1) is 17.9 Å². The van der Waals surface area contributed by atoms with Crippen molar-refractivity contribution in [1.29, 1.82) is 0 Å². The van der Waals surface area contributed by atoms with Gasteiger partial charge in [-0.3, -0.25) is 4.90 Å². The number of thiophene rings is 1. The molecule has 1 aromatic carbocycles. The molecule has 1 heterocycles. The summed E-state index contributed by atoms with van der Waals surface area (Å²) in [4.78, 5) is 3.52. The molecule has 0 fully saturated rings. The van der Waals surface area contributed by atoms with Crippen molar-refractivity contribution in [2.45, 2.75) is 50.8 Å². The normalized spacial score (nSPS) is 24.0. The molecule has 0 amide bonds. The van der Waals surface area contributed by atoms with Crippen LogP contribution in [0.2, 0.25) is 0 Å². The minimum atomic E-state index is -0.903. The summed E-state index contributed by atoms with van der Waals surface area (Å²) >= 11 is 1.65. The second-order valence-electron chi connectivity index (χ2n) is 6.97. The highest BCUT2D eigenvalue weighted by molar-refractivity contribution is 7.10. The monoisotopic (exact) mass is 341 g/mol. The molecule has 1 aliphatic carbocycles. The molecule has 0 saturated heterocycles. The maximum Gasteiger partial charge on any atom is 0.125 e. The van der Waals surface area contributed by atoms with Crippen LogP contribution in [0, 0.1) is 0 Å². The van der Waals surface area contributed by atoms with E-state index in [9.17, 15) is 5.11 Å². The van der Waals surface area contributed by atoms with Crippen LogP contribution in [0.1, 0.15) is 42.7 Å². The average molecular weight is 342 g/mol. The number of hydrogen-bond donors (Lipinski definition) is 1. The lowest BCUT2D eigenvalue weighted by Gasteiger charge is -2.38. The Bertz CT molecular complexity index is 679. The molecule has 2 atom stereocenters. The van der Waals surface area contributed by atoms with Gasteiger partial charge in [0.05, 0.1) is 0 Å². The molecule has 3 rings (SSSR count). The zero-order valence-electron chi connectivity index (χ0n) is 14.6. The first-order valence-electron chi connectivity index (χ1n) is 8.77. The van der Waals surface area contributed by atoms with Gasteiger partial charge in [0.25, 0.3) is 0 Å². The summed E-state index contributed by atoms with van der Waals surface area (Å²) < 4.78 is 0. The van der Waals surface area contributed by atoms with Crippen molar-refractivity contribution in [2.24, 2.45) is 0 Å². The molecular weight excluding hydrogens is 314 g/mol. The summed E-state index contributed by atoms with van der Waals surface area (Å²) in [6.45, 7) is 9.24. The van der Waals surface area contributed by atoms with Crippen molar-refractivity contribution in [3.63, 3.8) is 0 Å². The van der Waals surface area contributed by atoms with Gasteiger partial charge in [-0.1, -0.05) is 36.4 Å². The summed E-state index contributed by atoms with van der Waals surface area (Å²) in [7, 11) is 0. The molecule has 128 valence electrons. The fourth-order valence-corrected chi connectivity index (χ4v) is 4.83. The van der Waals surface area contributed by atoms with Crippen molar-refractivity contribution in [1.82, 2.24) is 4.90 Å². The lowest BCUT2D eigenvalue weighted by atomic mass is 9.85. The van der Waals surface area contributed by atoms with Crippen LogP contribution in [0.4, 0.5) is 0 Å². The van der Waals surface area contributed by atoms with Crippen molar-refractivity contribution in [2.75, 3.05) is 6.54 Å². The minimum Gasteiger partial charge on any atom is -0.379 e. The molecule has 1 aromatic heterocycles. The quantitative estimate of drug-likeness (QED) is 0.635. The molecule has 0 spiro atoms. The number of aliphatic hydroxyl groups is 1. The van der Waals surface area contributed by atoms with Gasteiger partial charge in [0.2, 0.25) is 0 Å². The summed E-state index contributed by atoms with van der Waals surface area (Å²) in [6, 6.07) is 13.3. The summed E-state index contributed by atoms with van der Waals surface area (Å²) in [6.07, 6.45) is 4.78. The van der Waals surface area contributed by atoms with Crippen LogP contribution in [0.5, 0.6) is 0 Å². The van der Waals surface area contributed by atoms with E-state index in [1.807, 2.05) is 18.2 Å². The predicted octanol–water partition coefficient (Wildman–Crippen LogP) is 4.59. The van der Waals surface area contributed by atoms with Gasteiger partial charge < -0.3 is 5.11 Å². The van der Waals surface area contributed by atoms with Gasteiger partial charge in [-0.2, -0.15) is 0 Å². The third kappa shape index (κ3) is 3.21. The van der Waals surface area contributed by atoms with Crippen molar-refractivity contribution in [3.8, 4) is 0 Å². The highest BCUT2D eigenvalue weighted by atomic mass is 32.1. The third-order valence-electron chi connectivity index (χ3n) is 5.14. The van der Waals surface area contributed by atoms with E-state index in [-0.39, 0.29) is 0 Å². The largest absolute Gasteiger partial charge is 0.379 e. The molecule has 1 N–H and O–H groups in total. The van der Waals surface area contributed by atoms with Crippen LogP contribution in [-0.2, 0) is 12.0 Å². The summed E-state index contributed by atoms with van der Waals surface area (Å²) in [5.74, 6) is 0. The maximum atomic E-state index is 11.8. The summed E-state index contributed by atoms with van der Waals surface area (Å²) in [5.41, 5.74) is 1.45. The first-order chi connectivity index (χ1) is 11.6. The third-order valence-corrected chi connectivity index (χ3v) is 6.16. The highest BCUT2D eigenvalue weighted by Crippen LogP contribution is 2.42. The Morgan fingerprint density at radius 2 is 2.12 bits per heavy atom. The van der Waals surface area contributed by atoms with Crippen molar-refractivity contribution >= 4 is 11.3 Å². The molecular formula is C21H27NOS. The molecule has 0 aliphatic heterocycles. The lowest BCUT2D eigenvalue weighted by Crippen LogP contribution is -2.44. The first kappa shape index (κ1) is 17.4. The lowest BCUT2D eigenvalue weighted by molar-refractivity contribution is 0.0325. The smallest absolute Gasteiger partial charge is 0.125 e. The van der Waals surface area contributed by atoms with E-state index >= 15 is 0 Å². The summed E-state index contributed by atoms with van der Waals surface area (Å²) in [5, 5.41) is 13.8. The Kier molecular flexibility index (Phi) is 5.24. The Morgan fingerprint density at radius 3 is 2.79 bits per heavy atom. The van der Waals surface area contributed by atoms with E-state index < -0.39 is 5.60 Å². The van der Waals surface area contributed by atoms with E-state index in [2.05, 4.69) is 55.0 Å². The van der Waals surface area contributed by atoms with Gasteiger partial charge in [0.15, 0.2) is 0 Å². The molecule has 0 bridgehead atoms. The van der Waals surface area contributed by atoms with E-state index in [0.717, 1.165) is 36.2 Å². The fourth-order valence-electron chi connectivity index (χ4n) is 3.98. The first-order valence-corrected chi connectivity index (χ1v) is 9.65. The molecule has 2 aromatic rings. The van der Waals surface area contributed by atoms with Gasteiger partial charge >= 0.3 is 0 Å². The van der Waals surface area contributed by atoms with Crippen molar-refractivity contribution in [3.05, 3.63) is 70.4 Å². The van der Waals surface area contributed by atoms with Gasteiger partial charge in [0, 0.05) is 29.9 Å². The minimum absolute atomic E-state index is 0.336. The van der Waals surface area contributed by atoms with Gasteiger partial charge in [-0.25, -0.2) is 0 Å². The van der Waals surface area contributed by atoms with Gasteiger partial charge in [0.1, 0.15) is 5.60 Å². The highest BCUT2D eigenvalue weighted by Gasteiger charge is 2.40. The SMILES string of the molecule is C=CCN(C(C)C)[C@@H]1CCc2ccccc2[C@@](O)(c2cccs2)C1. The Hall–Kier alpha value is -1.42. The van der Waals surface area contributed by atoms with E-state index in [1.165, 1.54) is 5.56 Å². The number of aryl methyl sites for hydroxylation is 1. The zero-order valence-corrected chi connectivity index (χ0v) is 15.4. The molecule has 2 nitrogen and oxygen atoms in total. The molecule has 0 saturated carbocycles. The van der Waals surface area contributed by atoms with Crippen LogP contribution in [0.3, 0.4) is 0 Å². The van der Waals surface area contributed by atoms with E-state index in [0.29, 0.717) is 12.1 Å². The fraction of sp³-hybridized carbons (Fsp3) is 0.429. The predicted molar refractivity (Wildman–Crippen MR) is 103 cm³/mol. The number of fused-ring (bicyclic) bond motifs is 1. The molecule has 0 unspecified atom stereocenters. The number of benzene rings is 1. The molecule has 24 heavy (non-hydrogen) atoms. The second kappa shape index (κ2) is 7.22. The van der Waals surface area contributed by atoms with Gasteiger partial charge in [-0.05, 0) is 49.3 Å².